The van der Waals surface area contributed by atoms with Gasteiger partial charge in [-0.05, 0) is 81.7 Å². The quantitative estimate of drug-likeness (QED) is 0.136. The highest BCUT2D eigenvalue weighted by Gasteiger charge is 2.12. The van der Waals surface area contributed by atoms with Crippen molar-refractivity contribution in [2.24, 2.45) is 0 Å². The number of nitriles is 1. The minimum Gasteiger partial charge on any atom is -0.488 e. The fourth-order valence-electron chi connectivity index (χ4n) is 2.92. The number of rotatable bonds is 8. The number of amides is 1. The zero-order valence-corrected chi connectivity index (χ0v) is 19.9. The molecule has 1 N–H and O–H groups in total. The number of halogens is 1. The predicted molar refractivity (Wildman–Crippen MR) is 132 cm³/mol. The van der Waals surface area contributed by atoms with E-state index < -0.39 is 16.8 Å². The van der Waals surface area contributed by atoms with Crippen molar-refractivity contribution < 1.29 is 24.0 Å². The first kappa shape index (κ1) is 25.1. The first-order valence-electron chi connectivity index (χ1n) is 10.1. The van der Waals surface area contributed by atoms with E-state index in [0.29, 0.717) is 27.0 Å². The fraction of sp³-hybridized carbons (Fsp3) is 0.0800. The minimum absolute atomic E-state index is 0.00149. The smallest absolute Gasteiger partial charge is 0.337 e. The molecular formula is C25H18BrN3O6. The Morgan fingerprint density at radius 3 is 2.37 bits per heavy atom. The second-order valence-corrected chi connectivity index (χ2v) is 7.95. The molecule has 9 nitrogen and oxygen atoms in total. The van der Waals surface area contributed by atoms with E-state index in [0.717, 1.165) is 5.56 Å². The first-order valence-corrected chi connectivity index (χ1v) is 10.9. The Labute approximate surface area is 208 Å². The summed E-state index contributed by atoms with van der Waals surface area (Å²) in [5, 5.41) is 22.8. The summed E-state index contributed by atoms with van der Waals surface area (Å²) >= 11 is 3.41. The number of non-ortho nitro benzene ring substituents is 1. The molecule has 0 radical (unpaired) electrons. The molecule has 0 unspecified atom stereocenters. The van der Waals surface area contributed by atoms with Crippen molar-refractivity contribution >= 4 is 45.3 Å². The van der Waals surface area contributed by atoms with Crippen LogP contribution in [0.3, 0.4) is 0 Å². The number of nitro groups is 1. The third-order valence-corrected chi connectivity index (χ3v) is 5.36. The van der Waals surface area contributed by atoms with Crippen LogP contribution in [-0.4, -0.2) is 23.9 Å². The second-order valence-electron chi connectivity index (χ2n) is 7.09. The van der Waals surface area contributed by atoms with E-state index in [1.165, 1.54) is 49.6 Å². The SMILES string of the molecule is COC(=O)c1ccc(NC(=O)/C(C#N)=C/c2ccc(OCc3ccc([N+](=O)[O-])cc3)c(Br)c2)cc1. The van der Waals surface area contributed by atoms with Crippen molar-refractivity contribution in [3.8, 4) is 11.8 Å². The molecule has 0 fully saturated rings. The van der Waals surface area contributed by atoms with Gasteiger partial charge in [0.2, 0.25) is 0 Å². The molecule has 3 aromatic carbocycles. The van der Waals surface area contributed by atoms with Gasteiger partial charge in [-0.3, -0.25) is 14.9 Å². The topological polar surface area (TPSA) is 132 Å². The third-order valence-electron chi connectivity index (χ3n) is 4.74. The van der Waals surface area contributed by atoms with Crippen LogP contribution in [0, 0.1) is 21.4 Å². The van der Waals surface area contributed by atoms with E-state index in [1.54, 1.807) is 30.3 Å². The maximum absolute atomic E-state index is 12.5. The zero-order chi connectivity index (χ0) is 25.4. The van der Waals surface area contributed by atoms with Gasteiger partial charge >= 0.3 is 5.97 Å². The maximum Gasteiger partial charge on any atom is 0.337 e. The number of esters is 1. The molecule has 1 amide bonds. The fourth-order valence-corrected chi connectivity index (χ4v) is 3.43. The summed E-state index contributed by atoms with van der Waals surface area (Å²) in [7, 11) is 1.28. The first-order chi connectivity index (χ1) is 16.8. The molecule has 176 valence electrons. The number of nitro benzene ring substituents is 1. The van der Waals surface area contributed by atoms with Crippen molar-refractivity contribution in [1.82, 2.24) is 0 Å². The van der Waals surface area contributed by atoms with Gasteiger partial charge in [0.25, 0.3) is 11.6 Å². The normalized spacial score (nSPS) is 10.7. The molecule has 10 heteroatoms. The molecule has 0 aliphatic rings. The molecule has 0 spiro atoms. The molecule has 0 bridgehead atoms. The number of carbonyl (C=O) groups excluding carboxylic acids is 2. The van der Waals surface area contributed by atoms with Crippen molar-refractivity contribution in [1.29, 1.82) is 5.26 Å². The Bertz CT molecular complexity index is 1330. The summed E-state index contributed by atoms with van der Waals surface area (Å²) in [5.74, 6) is -0.576. The highest BCUT2D eigenvalue weighted by Crippen LogP contribution is 2.28. The molecule has 3 rings (SSSR count). The number of anilines is 1. The van der Waals surface area contributed by atoms with Crippen LogP contribution in [0.4, 0.5) is 11.4 Å². The molecule has 0 atom stereocenters. The predicted octanol–water partition coefficient (Wildman–Crippen LogP) is 5.27. The van der Waals surface area contributed by atoms with E-state index >= 15 is 0 Å². The van der Waals surface area contributed by atoms with Crippen molar-refractivity contribution in [2.75, 3.05) is 12.4 Å². The van der Waals surface area contributed by atoms with Gasteiger partial charge in [0, 0.05) is 17.8 Å². The minimum atomic E-state index is -0.604. The Balaban J connectivity index is 1.66. The summed E-state index contributed by atoms with van der Waals surface area (Å²) in [4.78, 5) is 34.3. The molecular weight excluding hydrogens is 518 g/mol. The van der Waals surface area contributed by atoms with Crippen molar-refractivity contribution in [3.05, 3.63) is 104 Å². The van der Waals surface area contributed by atoms with Crippen LogP contribution in [0.15, 0.2) is 76.8 Å². The van der Waals surface area contributed by atoms with E-state index in [4.69, 9.17) is 4.74 Å². The summed E-state index contributed by atoms with van der Waals surface area (Å²) in [5.41, 5.74) is 1.99. The summed E-state index contributed by atoms with van der Waals surface area (Å²) in [6.07, 6.45) is 1.43. The van der Waals surface area contributed by atoms with Crippen molar-refractivity contribution in [2.45, 2.75) is 6.61 Å². The van der Waals surface area contributed by atoms with E-state index in [1.807, 2.05) is 6.07 Å². The maximum atomic E-state index is 12.5. The van der Waals surface area contributed by atoms with Gasteiger partial charge in [-0.15, -0.1) is 0 Å². The number of methoxy groups -OCH3 is 1. The molecule has 0 saturated heterocycles. The lowest BCUT2D eigenvalue weighted by atomic mass is 10.1. The van der Waals surface area contributed by atoms with E-state index in [2.05, 4.69) is 26.0 Å². The summed E-state index contributed by atoms with van der Waals surface area (Å²) < 4.78 is 11.0. The Hall–Kier alpha value is -4.49. The monoisotopic (exact) mass is 535 g/mol. The molecule has 35 heavy (non-hydrogen) atoms. The average Bonchev–Trinajstić information content (AvgIpc) is 2.86. The zero-order valence-electron chi connectivity index (χ0n) is 18.4. The van der Waals surface area contributed by atoms with Crippen LogP contribution in [0.2, 0.25) is 0 Å². The highest BCUT2D eigenvalue weighted by molar-refractivity contribution is 9.10. The molecule has 0 heterocycles. The van der Waals surface area contributed by atoms with Crippen molar-refractivity contribution in [3.63, 3.8) is 0 Å². The number of ether oxygens (including phenoxy) is 2. The number of hydrogen-bond acceptors (Lipinski definition) is 7. The molecule has 0 aromatic heterocycles. The van der Waals surface area contributed by atoms with Gasteiger partial charge in [-0.2, -0.15) is 5.26 Å². The lowest BCUT2D eigenvalue weighted by Crippen LogP contribution is -2.13. The lowest BCUT2D eigenvalue weighted by molar-refractivity contribution is -0.384. The van der Waals surface area contributed by atoms with Crippen LogP contribution in [0.5, 0.6) is 5.75 Å². The number of nitrogens with one attached hydrogen (secondary N) is 1. The molecule has 0 aliphatic carbocycles. The lowest BCUT2D eigenvalue weighted by Gasteiger charge is -2.09. The van der Waals surface area contributed by atoms with Crippen LogP contribution in [-0.2, 0) is 16.1 Å². The van der Waals surface area contributed by atoms with Gasteiger partial charge in [0.15, 0.2) is 0 Å². The van der Waals surface area contributed by atoms with E-state index in [9.17, 15) is 25.0 Å². The average molecular weight is 536 g/mol. The number of nitrogens with zero attached hydrogens (tertiary/aromatic N) is 2. The Morgan fingerprint density at radius 1 is 1.11 bits per heavy atom. The Kier molecular flexibility index (Phi) is 8.32. The molecule has 0 saturated carbocycles. The van der Waals surface area contributed by atoms with Crippen LogP contribution in [0.25, 0.3) is 6.08 Å². The van der Waals surface area contributed by atoms with E-state index in [-0.39, 0.29) is 17.9 Å². The largest absolute Gasteiger partial charge is 0.488 e. The molecule has 0 aliphatic heterocycles. The van der Waals surface area contributed by atoms with Crippen LogP contribution < -0.4 is 10.1 Å². The number of carbonyl (C=O) groups is 2. The van der Waals surface area contributed by atoms with Gasteiger partial charge in [-0.1, -0.05) is 6.07 Å². The standard InChI is InChI=1S/C25H18BrN3O6/c1-34-25(31)18-5-7-20(8-6-18)28-24(30)19(14-27)12-17-4-11-23(22(26)13-17)35-15-16-2-9-21(10-3-16)29(32)33/h2-13H,15H2,1H3,(H,28,30)/b19-12+. The van der Waals surface area contributed by atoms with Gasteiger partial charge in [0.1, 0.15) is 24.0 Å². The highest BCUT2D eigenvalue weighted by atomic mass is 79.9. The molecule has 3 aromatic rings. The van der Waals surface area contributed by atoms with Gasteiger partial charge in [0.05, 0.1) is 22.1 Å². The summed E-state index contributed by atoms with van der Waals surface area (Å²) in [6, 6.07) is 19.1. The van der Waals surface area contributed by atoms with Gasteiger partial charge in [-0.25, -0.2) is 4.79 Å². The number of benzene rings is 3. The third kappa shape index (κ3) is 6.75. The van der Waals surface area contributed by atoms with Crippen LogP contribution >= 0.6 is 15.9 Å². The summed E-state index contributed by atoms with van der Waals surface area (Å²) in [6.45, 7) is 0.201. The van der Waals surface area contributed by atoms with Gasteiger partial charge < -0.3 is 14.8 Å². The second kappa shape index (κ2) is 11.6. The Morgan fingerprint density at radius 2 is 1.80 bits per heavy atom. The van der Waals surface area contributed by atoms with Crippen LogP contribution in [0.1, 0.15) is 21.5 Å². The number of hydrogen-bond donors (Lipinski definition) is 1.